The van der Waals surface area contributed by atoms with Crippen molar-refractivity contribution in [2.75, 3.05) is 7.05 Å². The lowest BCUT2D eigenvalue weighted by molar-refractivity contribution is 0.321. The Hall–Kier alpha value is -0.760. The molecule has 0 aliphatic heterocycles. The maximum Gasteiger partial charge on any atom is 0.107 e. The van der Waals surface area contributed by atoms with Crippen molar-refractivity contribution in [3.05, 3.63) is 23.7 Å². The molecule has 1 heterocycles. The van der Waals surface area contributed by atoms with Crippen molar-refractivity contribution in [3.8, 4) is 0 Å². The molecule has 14 heavy (non-hydrogen) atoms. The second-order valence-corrected chi connectivity index (χ2v) is 4.29. The van der Waals surface area contributed by atoms with Crippen molar-refractivity contribution in [2.24, 2.45) is 0 Å². The van der Waals surface area contributed by atoms with Crippen LogP contribution < -0.4 is 5.32 Å². The number of nitrogens with one attached hydrogen (secondary N) is 1. The summed E-state index contributed by atoms with van der Waals surface area (Å²) in [5.41, 5.74) is 0. The zero-order valence-corrected chi connectivity index (χ0v) is 9.05. The first kappa shape index (κ1) is 9.78. The standard InChI is InChI=1S/C12H19NO/c1-9-3-8-12(14-9)10-4-6-11(13-2)7-5-10/h3,8,10-11,13H,4-7H2,1-2H3. The van der Waals surface area contributed by atoms with Crippen molar-refractivity contribution in [3.63, 3.8) is 0 Å². The van der Waals surface area contributed by atoms with Gasteiger partial charge in [-0.05, 0) is 51.8 Å². The first-order chi connectivity index (χ1) is 6.79. The molecule has 1 saturated carbocycles. The summed E-state index contributed by atoms with van der Waals surface area (Å²) in [5.74, 6) is 2.89. The lowest BCUT2D eigenvalue weighted by Crippen LogP contribution is -2.29. The average Bonchev–Trinajstić information content (AvgIpc) is 2.65. The summed E-state index contributed by atoms with van der Waals surface area (Å²) >= 11 is 0. The highest BCUT2D eigenvalue weighted by atomic mass is 16.3. The van der Waals surface area contributed by atoms with Crippen LogP contribution in [0.15, 0.2) is 16.5 Å². The largest absolute Gasteiger partial charge is 0.466 e. The van der Waals surface area contributed by atoms with Crippen LogP contribution in [-0.4, -0.2) is 13.1 Å². The molecule has 1 fully saturated rings. The molecular weight excluding hydrogens is 174 g/mol. The molecule has 0 unspecified atom stereocenters. The predicted molar refractivity (Wildman–Crippen MR) is 57.5 cm³/mol. The van der Waals surface area contributed by atoms with Crippen molar-refractivity contribution in [2.45, 2.75) is 44.6 Å². The van der Waals surface area contributed by atoms with E-state index in [1.807, 2.05) is 6.92 Å². The van der Waals surface area contributed by atoms with Gasteiger partial charge in [0.25, 0.3) is 0 Å². The minimum absolute atomic E-state index is 0.660. The van der Waals surface area contributed by atoms with Gasteiger partial charge in [-0.15, -0.1) is 0 Å². The Morgan fingerprint density at radius 2 is 1.93 bits per heavy atom. The Morgan fingerprint density at radius 1 is 1.21 bits per heavy atom. The van der Waals surface area contributed by atoms with Crippen molar-refractivity contribution in [1.29, 1.82) is 0 Å². The van der Waals surface area contributed by atoms with E-state index in [4.69, 9.17) is 4.42 Å². The quantitative estimate of drug-likeness (QED) is 0.781. The Kier molecular flexibility index (Phi) is 2.92. The van der Waals surface area contributed by atoms with Gasteiger partial charge < -0.3 is 9.73 Å². The molecule has 1 N–H and O–H groups in total. The Labute approximate surface area is 85.7 Å². The maximum atomic E-state index is 5.67. The summed E-state index contributed by atoms with van der Waals surface area (Å²) in [6.45, 7) is 2.02. The van der Waals surface area contributed by atoms with Gasteiger partial charge >= 0.3 is 0 Å². The molecule has 0 radical (unpaired) electrons. The summed E-state index contributed by atoms with van der Waals surface area (Å²) < 4.78 is 5.67. The van der Waals surface area contributed by atoms with E-state index in [2.05, 4.69) is 24.5 Å². The summed E-state index contributed by atoms with van der Waals surface area (Å²) in [7, 11) is 2.06. The van der Waals surface area contributed by atoms with Gasteiger partial charge in [-0.3, -0.25) is 0 Å². The van der Waals surface area contributed by atoms with Gasteiger partial charge in [0.2, 0.25) is 0 Å². The number of hydrogen-bond acceptors (Lipinski definition) is 2. The molecule has 78 valence electrons. The van der Waals surface area contributed by atoms with Crippen LogP contribution >= 0.6 is 0 Å². The van der Waals surface area contributed by atoms with E-state index in [9.17, 15) is 0 Å². The van der Waals surface area contributed by atoms with Crippen LogP contribution in [0.4, 0.5) is 0 Å². The van der Waals surface area contributed by atoms with Crippen LogP contribution in [0.1, 0.15) is 43.1 Å². The van der Waals surface area contributed by atoms with Gasteiger partial charge in [0.05, 0.1) is 0 Å². The summed E-state index contributed by atoms with van der Waals surface area (Å²) in [6, 6.07) is 4.93. The molecule has 0 bridgehead atoms. The highest BCUT2D eigenvalue weighted by Gasteiger charge is 2.23. The number of aryl methyl sites for hydroxylation is 1. The molecule has 0 spiro atoms. The predicted octanol–water partition coefficient (Wildman–Crippen LogP) is 2.83. The highest BCUT2D eigenvalue weighted by Crippen LogP contribution is 2.33. The molecule has 0 aromatic carbocycles. The van der Waals surface area contributed by atoms with E-state index < -0.39 is 0 Å². The van der Waals surface area contributed by atoms with Gasteiger partial charge in [-0.25, -0.2) is 0 Å². The van der Waals surface area contributed by atoms with E-state index in [0.29, 0.717) is 5.92 Å². The Morgan fingerprint density at radius 3 is 2.43 bits per heavy atom. The van der Waals surface area contributed by atoms with Crippen LogP contribution in [0.5, 0.6) is 0 Å². The third-order valence-electron chi connectivity index (χ3n) is 3.30. The fraction of sp³-hybridized carbons (Fsp3) is 0.667. The molecule has 1 aromatic rings. The molecule has 0 saturated heterocycles. The third kappa shape index (κ3) is 2.01. The number of furan rings is 1. The molecule has 2 nitrogen and oxygen atoms in total. The molecule has 2 rings (SSSR count). The smallest absolute Gasteiger partial charge is 0.107 e. The molecular formula is C12H19NO. The minimum atomic E-state index is 0.660. The molecule has 0 atom stereocenters. The monoisotopic (exact) mass is 193 g/mol. The zero-order chi connectivity index (χ0) is 9.97. The lowest BCUT2D eigenvalue weighted by atomic mass is 9.85. The van der Waals surface area contributed by atoms with Crippen LogP contribution in [-0.2, 0) is 0 Å². The van der Waals surface area contributed by atoms with Crippen LogP contribution in [0.2, 0.25) is 0 Å². The fourth-order valence-corrected chi connectivity index (χ4v) is 2.34. The van der Waals surface area contributed by atoms with E-state index in [0.717, 1.165) is 11.8 Å². The van der Waals surface area contributed by atoms with Gasteiger partial charge in [0.1, 0.15) is 11.5 Å². The summed E-state index contributed by atoms with van der Waals surface area (Å²) in [6.07, 6.45) is 5.08. The number of hydrogen-bond donors (Lipinski definition) is 1. The van der Waals surface area contributed by atoms with Gasteiger partial charge in [-0.2, -0.15) is 0 Å². The SMILES string of the molecule is CNC1CCC(c2ccc(C)o2)CC1. The summed E-state index contributed by atoms with van der Waals surface area (Å²) in [5, 5.41) is 3.35. The van der Waals surface area contributed by atoms with Gasteiger partial charge in [0, 0.05) is 12.0 Å². The lowest BCUT2D eigenvalue weighted by Gasteiger charge is -2.26. The minimum Gasteiger partial charge on any atom is -0.466 e. The molecule has 1 aromatic heterocycles. The molecule has 1 aliphatic rings. The molecule has 1 aliphatic carbocycles. The average molecular weight is 193 g/mol. The molecule has 0 amide bonds. The van der Waals surface area contributed by atoms with E-state index >= 15 is 0 Å². The van der Waals surface area contributed by atoms with E-state index in [1.54, 1.807) is 0 Å². The van der Waals surface area contributed by atoms with Gasteiger partial charge in [-0.1, -0.05) is 0 Å². The van der Waals surface area contributed by atoms with Crippen molar-refractivity contribution >= 4 is 0 Å². The fourth-order valence-electron chi connectivity index (χ4n) is 2.34. The maximum absolute atomic E-state index is 5.67. The topological polar surface area (TPSA) is 25.2 Å². The summed E-state index contributed by atoms with van der Waals surface area (Å²) in [4.78, 5) is 0. The van der Waals surface area contributed by atoms with Gasteiger partial charge in [0.15, 0.2) is 0 Å². The normalized spacial score (nSPS) is 27.9. The van der Waals surface area contributed by atoms with E-state index in [-0.39, 0.29) is 0 Å². The van der Waals surface area contributed by atoms with Crippen LogP contribution in [0.3, 0.4) is 0 Å². The second kappa shape index (κ2) is 4.18. The first-order valence-electron chi connectivity index (χ1n) is 5.53. The zero-order valence-electron chi connectivity index (χ0n) is 9.05. The van der Waals surface area contributed by atoms with Crippen LogP contribution in [0, 0.1) is 6.92 Å². The highest BCUT2D eigenvalue weighted by molar-refractivity contribution is 5.11. The van der Waals surface area contributed by atoms with Crippen molar-refractivity contribution < 1.29 is 4.42 Å². The Balaban J connectivity index is 1.95. The Bertz CT molecular complexity index is 284. The third-order valence-corrected chi connectivity index (χ3v) is 3.30. The molecule has 2 heteroatoms. The van der Waals surface area contributed by atoms with Crippen LogP contribution in [0.25, 0.3) is 0 Å². The van der Waals surface area contributed by atoms with Crippen molar-refractivity contribution in [1.82, 2.24) is 5.32 Å². The second-order valence-electron chi connectivity index (χ2n) is 4.29. The first-order valence-corrected chi connectivity index (χ1v) is 5.53. The van der Waals surface area contributed by atoms with E-state index in [1.165, 1.54) is 31.4 Å². The number of rotatable bonds is 2.